The Hall–Kier alpha value is -2.06. The molecule has 0 bridgehead atoms. The van der Waals surface area contributed by atoms with Gasteiger partial charge < -0.3 is 15.9 Å². The lowest BCUT2D eigenvalue weighted by molar-refractivity contribution is 0.0696. The third kappa shape index (κ3) is 2.21. The minimum absolute atomic E-state index is 0.0152. The van der Waals surface area contributed by atoms with E-state index in [0.29, 0.717) is 5.56 Å². The van der Waals surface area contributed by atoms with Crippen LogP contribution in [0.2, 0.25) is 0 Å². The molecule has 1 rings (SSSR count). The van der Waals surface area contributed by atoms with Crippen LogP contribution in [0.3, 0.4) is 0 Å². The van der Waals surface area contributed by atoms with Crippen LogP contribution < -0.4 is 5.73 Å². The normalized spacial score (nSPS) is 8.93. The molecule has 0 amide bonds. The van der Waals surface area contributed by atoms with Gasteiger partial charge in [-0.25, -0.2) is 9.78 Å². The number of aliphatic hydroxyl groups is 1. The fourth-order valence-corrected chi connectivity index (χ4v) is 0.827. The molecule has 14 heavy (non-hydrogen) atoms. The molecule has 0 radical (unpaired) electrons. The lowest BCUT2D eigenvalue weighted by atomic mass is 10.2. The van der Waals surface area contributed by atoms with Crippen LogP contribution in [0.25, 0.3) is 0 Å². The van der Waals surface area contributed by atoms with Gasteiger partial charge in [0.05, 0.1) is 11.1 Å². The Labute approximate surface area is 80.2 Å². The number of hydrogen-bond acceptors (Lipinski definition) is 4. The first-order valence-corrected chi connectivity index (χ1v) is 3.73. The maximum Gasteiger partial charge on any atom is 0.337 e. The number of nitrogens with two attached hydrogens (primary N) is 1. The molecule has 72 valence electrons. The smallest absolute Gasteiger partial charge is 0.337 e. The highest BCUT2D eigenvalue weighted by molar-refractivity contribution is 5.88. The van der Waals surface area contributed by atoms with Gasteiger partial charge in [-0.15, -0.1) is 0 Å². The van der Waals surface area contributed by atoms with Crippen molar-refractivity contribution in [3.8, 4) is 11.8 Å². The van der Waals surface area contributed by atoms with E-state index in [1.165, 1.54) is 6.07 Å². The third-order valence-electron chi connectivity index (χ3n) is 1.47. The topological polar surface area (TPSA) is 96.4 Å². The molecule has 0 aromatic carbocycles. The summed E-state index contributed by atoms with van der Waals surface area (Å²) in [5.74, 6) is 3.93. The number of rotatable bonds is 1. The number of nitrogens with zero attached hydrogens (tertiary/aromatic N) is 1. The van der Waals surface area contributed by atoms with E-state index in [0.717, 1.165) is 6.20 Å². The summed E-state index contributed by atoms with van der Waals surface area (Å²) in [6.07, 6.45) is 1.15. The van der Waals surface area contributed by atoms with Gasteiger partial charge in [-0.05, 0) is 6.07 Å². The molecule has 0 unspecified atom stereocenters. The van der Waals surface area contributed by atoms with Crippen LogP contribution in [-0.4, -0.2) is 27.8 Å². The number of carboxylic acids is 1. The van der Waals surface area contributed by atoms with E-state index in [4.69, 9.17) is 15.9 Å². The maximum atomic E-state index is 10.6. The molecule has 0 aliphatic carbocycles. The number of aromatic carboxylic acids is 1. The summed E-state index contributed by atoms with van der Waals surface area (Å²) in [6, 6.07) is 1.31. The fourth-order valence-electron chi connectivity index (χ4n) is 0.827. The van der Waals surface area contributed by atoms with E-state index in [9.17, 15) is 4.79 Å². The average molecular weight is 192 g/mol. The van der Waals surface area contributed by atoms with Gasteiger partial charge in [0.1, 0.15) is 12.4 Å². The molecule has 1 heterocycles. The lowest BCUT2D eigenvalue weighted by Gasteiger charge is -1.98. The first-order valence-electron chi connectivity index (χ1n) is 3.73. The predicted molar refractivity (Wildman–Crippen MR) is 49.6 cm³/mol. The van der Waals surface area contributed by atoms with Crippen LogP contribution in [0.4, 0.5) is 5.82 Å². The van der Waals surface area contributed by atoms with E-state index < -0.39 is 5.97 Å². The average Bonchev–Trinajstić information content (AvgIpc) is 2.16. The largest absolute Gasteiger partial charge is 0.478 e. The molecule has 1 aromatic rings. The zero-order valence-electron chi connectivity index (χ0n) is 7.19. The second kappa shape index (κ2) is 4.25. The van der Waals surface area contributed by atoms with Crippen molar-refractivity contribution in [2.45, 2.75) is 0 Å². The van der Waals surface area contributed by atoms with Crippen molar-refractivity contribution in [2.24, 2.45) is 0 Å². The summed E-state index contributed by atoms with van der Waals surface area (Å²) in [4.78, 5) is 14.2. The number of nitrogen functional groups attached to an aromatic ring is 1. The van der Waals surface area contributed by atoms with E-state index >= 15 is 0 Å². The van der Waals surface area contributed by atoms with Gasteiger partial charge >= 0.3 is 5.97 Å². The van der Waals surface area contributed by atoms with Crippen LogP contribution in [0.1, 0.15) is 15.9 Å². The summed E-state index contributed by atoms with van der Waals surface area (Å²) in [5, 5.41) is 17.1. The highest BCUT2D eigenvalue weighted by atomic mass is 16.4. The van der Waals surface area contributed by atoms with Crippen LogP contribution in [0.5, 0.6) is 0 Å². The van der Waals surface area contributed by atoms with Crippen molar-refractivity contribution in [2.75, 3.05) is 12.3 Å². The fraction of sp³-hybridized carbons (Fsp3) is 0.111. The van der Waals surface area contributed by atoms with Gasteiger partial charge in [-0.1, -0.05) is 11.8 Å². The van der Waals surface area contributed by atoms with Gasteiger partial charge in [0, 0.05) is 6.20 Å². The molecule has 0 atom stereocenters. The second-order valence-corrected chi connectivity index (χ2v) is 2.42. The molecule has 0 saturated carbocycles. The number of carbonyl (C=O) groups is 1. The van der Waals surface area contributed by atoms with E-state index in [2.05, 4.69) is 16.8 Å². The second-order valence-electron chi connectivity index (χ2n) is 2.42. The predicted octanol–water partition coefficient (Wildman–Crippen LogP) is -0.294. The Kier molecular flexibility index (Phi) is 3.05. The number of hydrogen-bond donors (Lipinski definition) is 3. The van der Waals surface area contributed by atoms with E-state index in [-0.39, 0.29) is 18.0 Å². The SMILES string of the molecule is Nc1ncc(C(=O)O)cc1C#CCO. The van der Waals surface area contributed by atoms with Crippen molar-refractivity contribution >= 4 is 11.8 Å². The molecule has 0 aliphatic heterocycles. The first kappa shape index (κ1) is 10.0. The van der Waals surface area contributed by atoms with Crippen molar-refractivity contribution in [3.05, 3.63) is 23.4 Å². The van der Waals surface area contributed by atoms with Crippen molar-refractivity contribution < 1.29 is 15.0 Å². The van der Waals surface area contributed by atoms with Crippen molar-refractivity contribution in [1.82, 2.24) is 4.98 Å². The molecule has 0 saturated heterocycles. The zero-order chi connectivity index (χ0) is 10.6. The molecular formula is C9H8N2O3. The van der Waals surface area contributed by atoms with E-state index in [1.54, 1.807) is 0 Å². The Morgan fingerprint density at radius 3 is 2.93 bits per heavy atom. The molecule has 0 spiro atoms. The molecule has 5 heteroatoms. The number of aliphatic hydroxyl groups excluding tert-OH is 1. The molecule has 1 aromatic heterocycles. The van der Waals surface area contributed by atoms with Gasteiger partial charge in [0.25, 0.3) is 0 Å². The Balaban J connectivity index is 3.14. The molecule has 0 fully saturated rings. The van der Waals surface area contributed by atoms with Gasteiger partial charge in [0.2, 0.25) is 0 Å². The number of pyridine rings is 1. The Bertz CT molecular complexity index is 418. The van der Waals surface area contributed by atoms with Gasteiger partial charge in [0.15, 0.2) is 0 Å². The molecule has 4 N–H and O–H groups in total. The summed E-state index contributed by atoms with van der Waals surface area (Å²) in [7, 11) is 0. The minimum atomic E-state index is -1.09. The lowest BCUT2D eigenvalue weighted by Crippen LogP contribution is -2.01. The Morgan fingerprint density at radius 1 is 1.64 bits per heavy atom. The van der Waals surface area contributed by atoms with Crippen molar-refractivity contribution in [3.63, 3.8) is 0 Å². The molecule has 5 nitrogen and oxygen atoms in total. The highest BCUT2D eigenvalue weighted by Crippen LogP contribution is 2.09. The van der Waals surface area contributed by atoms with Crippen molar-refractivity contribution in [1.29, 1.82) is 0 Å². The van der Waals surface area contributed by atoms with Crippen LogP contribution >= 0.6 is 0 Å². The third-order valence-corrected chi connectivity index (χ3v) is 1.47. The van der Waals surface area contributed by atoms with Crippen LogP contribution in [0, 0.1) is 11.8 Å². The first-order chi connectivity index (χ1) is 6.65. The number of carboxylic acid groups (broad SMARTS) is 1. The standard InChI is InChI=1S/C9H8N2O3/c10-8-6(2-1-3-12)4-7(5-11-8)9(13)14/h4-5,12H,3H2,(H2,10,11)(H,13,14). The van der Waals surface area contributed by atoms with Gasteiger partial charge in [-0.2, -0.15) is 0 Å². The Morgan fingerprint density at radius 2 is 2.36 bits per heavy atom. The number of aromatic nitrogens is 1. The summed E-state index contributed by atoms with van der Waals surface area (Å²) >= 11 is 0. The molecule has 0 aliphatic rings. The summed E-state index contributed by atoms with van der Waals surface area (Å²) < 4.78 is 0. The molecular weight excluding hydrogens is 184 g/mol. The number of anilines is 1. The van der Waals surface area contributed by atoms with Crippen LogP contribution in [-0.2, 0) is 0 Å². The van der Waals surface area contributed by atoms with Gasteiger partial charge in [-0.3, -0.25) is 0 Å². The summed E-state index contributed by atoms with van der Waals surface area (Å²) in [6.45, 7) is -0.309. The zero-order valence-corrected chi connectivity index (χ0v) is 7.19. The monoisotopic (exact) mass is 192 g/mol. The summed E-state index contributed by atoms with van der Waals surface area (Å²) in [5.41, 5.74) is 5.76. The van der Waals surface area contributed by atoms with E-state index in [1.807, 2.05) is 0 Å². The quantitative estimate of drug-likeness (QED) is 0.531. The van der Waals surface area contributed by atoms with Crippen LogP contribution in [0.15, 0.2) is 12.3 Å². The minimum Gasteiger partial charge on any atom is -0.478 e. The highest BCUT2D eigenvalue weighted by Gasteiger charge is 2.05. The maximum absolute atomic E-state index is 10.6.